The van der Waals surface area contributed by atoms with Crippen LogP contribution in [0.1, 0.15) is 48.6 Å². The molecule has 0 radical (unpaired) electrons. The van der Waals surface area contributed by atoms with E-state index in [9.17, 15) is 22.8 Å². The molecule has 0 saturated carbocycles. The first-order chi connectivity index (χ1) is 14.2. The second kappa shape index (κ2) is 7.73. The van der Waals surface area contributed by atoms with E-state index in [0.717, 1.165) is 37.3 Å². The van der Waals surface area contributed by atoms with Crippen LogP contribution >= 0.6 is 0 Å². The summed E-state index contributed by atoms with van der Waals surface area (Å²) >= 11 is 0. The van der Waals surface area contributed by atoms with Crippen LogP contribution < -0.4 is 5.32 Å². The standard InChI is InChI=1S/C20H22F3N5O2/c1-12(18-26-25-16-6-3-7-28(16)18)24-19(30)14-9-17(29)27(11-14)10-13-4-2-5-15(8-13)20(21,22)23/h2,4-5,8,12,14H,3,6-7,9-11H2,1H3,(H,24,30)/t12-,14-/m1/s1. The summed E-state index contributed by atoms with van der Waals surface area (Å²) in [6, 6.07) is 4.55. The number of hydrogen-bond donors (Lipinski definition) is 1. The molecule has 2 amide bonds. The molecule has 30 heavy (non-hydrogen) atoms. The smallest absolute Gasteiger partial charge is 0.346 e. The number of likely N-dealkylation sites (tertiary alicyclic amines) is 1. The molecule has 2 aromatic rings. The Kier molecular flexibility index (Phi) is 5.25. The molecule has 160 valence electrons. The lowest BCUT2D eigenvalue weighted by atomic mass is 10.1. The van der Waals surface area contributed by atoms with Gasteiger partial charge >= 0.3 is 6.18 Å². The molecule has 0 aliphatic carbocycles. The summed E-state index contributed by atoms with van der Waals surface area (Å²) in [5.74, 6) is 0.545. The van der Waals surface area contributed by atoms with Crippen LogP contribution in [-0.4, -0.2) is 38.0 Å². The summed E-state index contributed by atoms with van der Waals surface area (Å²) in [5, 5.41) is 11.2. The molecular formula is C20H22F3N5O2. The van der Waals surface area contributed by atoms with Crippen molar-refractivity contribution in [2.75, 3.05) is 6.54 Å². The van der Waals surface area contributed by atoms with E-state index in [1.807, 2.05) is 11.5 Å². The van der Waals surface area contributed by atoms with Gasteiger partial charge in [-0.2, -0.15) is 13.2 Å². The molecule has 2 aliphatic heterocycles. The molecule has 1 saturated heterocycles. The molecule has 3 heterocycles. The highest BCUT2D eigenvalue weighted by atomic mass is 19.4. The molecule has 2 aliphatic rings. The lowest BCUT2D eigenvalue weighted by molar-refractivity contribution is -0.137. The Morgan fingerprint density at radius 3 is 2.90 bits per heavy atom. The highest BCUT2D eigenvalue weighted by Crippen LogP contribution is 2.30. The number of fused-ring (bicyclic) bond motifs is 1. The lowest BCUT2D eigenvalue weighted by Crippen LogP contribution is -2.35. The number of aryl methyl sites for hydroxylation is 1. The molecule has 1 aromatic carbocycles. The van der Waals surface area contributed by atoms with E-state index in [1.165, 1.54) is 11.0 Å². The number of alkyl halides is 3. The van der Waals surface area contributed by atoms with E-state index in [4.69, 9.17) is 0 Å². The normalized spacial score (nSPS) is 19.8. The number of nitrogens with one attached hydrogen (secondary N) is 1. The average Bonchev–Trinajstić information content (AvgIpc) is 3.37. The fourth-order valence-electron chi connectivity index (χ4n) is 4.06. The number of amides is 2. The average molecular weight is 421 g/mol. The summed E-state index contributed by atoms with van der Waals surface area (Å²) < 4.78 is 40.7. The van der Waals surface area contributed by atoms with Crippen molar-refractivity contribution in [1.29, 1.82) is 0 Å². The zero-order chi connectivity index (χ0) is 21.5. The van der Waals surface area contributed by atoms with Gasteiger partial charge in [-0.25, -0.2) is 0 Å². The molecule has 2 atom stereocenters. The van der Waals surface area contributed by atoms with Gasteiger partial charge in [0.05, 0.1) is 17.5 Å². The van der Waals surface area contributed by atoms with Gasteiger partial charge in [0, 0.05) is 32.5 Å². The zero-order valence-corrected chi connectivity index (χ0v) is 16.4. The van der Waals surface area contributed by atoms with E-state index in [2.05, 4.69) is 15.5 Å². The van der Waals surface area contributed by atoms with Crippen molar-refractivity contribution in [3.05, 3.63) is 47.0 Å². The first-order valence-electron chi connectivity index (χ1n) is 9.88. The third kappa shape index (κ3) is 4.03. The van der Waals surface area contributed by atoms with Gasteiger partial charge in [-0.1, -0.05) is 12.1 Å². The number of carbonyl (C=O) groups is 2. The van der Waals surface area contributed by atoms with Crippen LogP contribution in [-0.2, 0) is 35.3 Å². The van der Waals surface area contributed by atoms with Crippen LogP contribution in [0, 0.1) is 5.92 Å². The minimum Gasteiger partial charge on any atom is -0.346 e. The van der Waals surface area contributed by atoms with Crippen molar-refractivity contribution in [3.8, 4) is 0 Å². The van der Waals surface area contributed by atoms with Crippen molar-refractivity contribution < 1.29 is 22.8 Å². The highest BCUT2D eigenvalue weighted by molar-refractivity contribution is 5.89. The van der Waals surface area contributed by atoms with Crippen molar-refractivity contribution in [2.45, 2.75) is 51.5 Å². The fourth-order valence-corrected chi connectivity index (χ4v) is 4.06. The van der Waals surface area contributed by atoms with E-state index in [-0.39, 0.29) is 37.4 Å². The Morgan fingerprint density at radius 1 is 1.33 bits per heavy atom. The van der Waals surface area contributed by atoms with Crippen LogP contribution in [0.15, 0.2) is 24.3 Å². The number of carbonyl (C=O) groups excluding carboxylic acids is 2. The summed E-state index contributed by atoms with van der Waals surface area (Å²) in [6.45, 7) is 2.86. The van der Waals surface area contributed by atoms with Gasteiger partial charge in [-0.05, 0) is 31.0 Å². The topological polar surface area (TPSA) is 80.1 Å². The maximum atomic E-state index is 12.9. The second-order valence-electron chi connectivity index (χ2n) is 7.83. The first-order valence-corrected chi connectivity index (χ1v) is 9.88. The number of rotatable bonds is 5. The lowest BCUT2D eigenvalue weighted by Gasteiger charge is -2.19. The summed E-state index contributed by atoms with van der Waals surface area (Å²) in [4.78, 5) is 26.5. The Hall–Kier alpha value is -2.91. The molecule has 1 fully saturated rings. The van der Waals surface area contributed by atoms with Crippen LogP contribution in [0.25, 0.3) is 0 Å². The van der Waals surface area contributed by atoms with E-state index >= 15 is 0 Å². The third-order valence-corrected chi connectivity index (χ3v) is 5.60. The van der Waals surface area contributed by atoms with E-state index in [0.29, 0.717) is 11.4 Å². The molecular weight excluding hydrogens is 399 g/mol. The van der Waals surface area contributed by atoms with Gasteiger partial charge in [-0.3, -0.25) is 9.59 Å². The minimum atomic E-state index is -4.44. The summed E-state index contributed by atoms with van der Waals surface area (Å²) in [6.07, 6.45) is -2.53. The molecule has 1 N–H and O–H groups in total. The van der Waals surface area contributed by atoms with Crippen LogP contribution in [0.2, 0.25) is 0 Å². The van der Waals surface area contributed by atoms with Gasteiger partial charge in [0.1, 0.15) is 5.82 Å². The predicted molar refractivity (Wildman–Crippen MR) is 99.9 cm³/mol. The Labute approximate surface area is 171 Å². The zero-order valence-electron chi connectivity index (χ0n) is 16.4. The van der Waals surface area contributed by atoms with Gasteiger partial charge in [0.15, 0.2) is 5.82 Å². The maximum absolute atomic E-state index is 12.9. The third-order valence-electron chi connectivity index (χ3n) is 5.60. The maximum Gasteiger partial charge on any atom is 0.416 e. The van der Waals surface area contributed by atoms with Gasteiger partial charge in [-0.15, -0.1) is 10.2 Å². The predicted octanol–water partition coefficient (Wildman–Crippen LogP) is 2.47. The van der Waals surface area contributed by atoms with Gasteiger partial charge in [0.25, 0.3) is 0 Å². The molecule has 10 heteroatoms. The molecule has 4 rings (SSSR count). The number of halogens is 3. The SMILES string of the molecule is C[C@@H](NC(=O)[C@@H]1CC(=O)N(Cc2cccc(C(F)(F)F)c2)C1)c1nnc2n1CCC2. The largest absolute Gasteiger partial charge is 0.416 e. The molecule has 0 unspecified atom stereocenters. The molecule has 0 bridgehead atoms. The monoisotopic (exact) mass is 421 g/mol. The second-order valence-corrected chi connectivity index (χ2v) is 7.83. The van der Waals surface area contributed by atoms with Crippen molar-refractivity contribution >= 4 is 11.8 Å². The minimum absolute atomic E-state index is 0.0372. The van der Waals surface area contributed by atoms with Crippen molar-refractivity contribution in [1.82, 2.24) is 25.0 Å². The van der Waals surface area contributed by atoms with Crippen LogP contribution in [0.4, 0.5) is 13.2 Å². The quantitative estimate of drug-likeness (QED) is 0.805. The first kappa shape index (κ1) is 20.4. The van der Waals surface area contributed by atoms with Crippen LogP contribution in [0.5, 0.6) is 0 Å². The number of nitrogens with zero attached hydrogens (tertiary/aromatic N) is 4. The Bertz CT molecular complexity index is 972. The summed E-state index contributed by atoms with van der Waals surface area (Å²) in [5.41, 5.74) is -0.373. The van der Waals surface area contributed by atoms with Gasteiger partial charge in [0.2, 0.25) is 11.8 Å². The summed E-state index contributed by atoms with van der Waals surface area (Å²) in [7, 11) is 0. The van der Waals surface area contributed by atoms with Crippen molar-refractivity contribution in [2.24, 2.45) is 5.92 Å². The molecule has 7 nitrogen and oxygen atoms in total. The van der Waals surface area contributed by atoms with E-state index in [1.54, 1.807) is 6.07 Å². The number of aromatic nitrogens is 3. The Balaban J connectivity index is 1.38. The van der Waals surface area contributed by atoms with Gasteiger partial charge < -0.3 is 14.8 Å². The number of benzene rings is 1. The van der Waals surface area contributed by atoms with Crippen molar-refractivity contribution in [3.63, 3.8) is 0 Å². The fraction of sp³-hybridized carbons (Fsp3) is 0.500. The van der Waals surface area contributed by atoms with E-state index < -0.39 is 17.7 Å². The Morgan fingerprint density at radius 2 is 2.13 bits per heavy atom. The number of hydrogen-bond acceptors (Lipinski definition) is 4. The molecule has 1 aromatic heterocycles. The highest BCUT2D eigenvalue weighted by Gasteiger charge is 2.36. The molecule has 0 spiro atoms. The van der Waals surface area contributed by atoms with Crippen LogP contribution in [0.3, 0.4) is 0 Å².